The van der Waals surface area contributed by atoms with Crippen LogP contribution in [0.1, 0.15) is 13.8 Å². The van der Waals surface area contributed by atoms with Crippen molar-refractivity contribution < 1.29 is 9.90 Å². The third-order valence-corrected chi connectivity index (χ3v) is 3.72. The molecule has 0 aromatic heterocycles. The summed E-state index contributed by atoms with van der Waals surface area (Å²) in [6, 6.07) is 0. The molecule has 0 heterocycles. The summed E-state index contributed by atoms with van der Waals surface area (Å²) in [6.45, 7) is 3.81. The van der Waals surface area contributed by atoms with Gasteiger partial charge in [-0.1, -0.05) is 54.7 Å². The Kier molecular flexibility index (Phi) is 3.75. The molecule has 2 nitrogen and oxygen atoms in total. The highest BCUT2D eigenvalue weighted by Crippen LogP contribution is 2.59. The normalized spacial score (nSPS) is 27.8. The quantitative estimate of drug-likeness (QED) is 0.792. The molecule has 0 aliphatic heterocycles. The van der Waals surface area contributed by atoms with Gasteiger partial charge in [0.25, 0.3) is 0 Å². The SMILES string of the molecule is CC1(C)[C@H](C=CC(Cl)=C(Cl)Cl)[C@H]1C(=O)O. The fourth-order valence-electron chi connectivity index (χ4n) is 1.76. The molecule has 1 fully saturated rings. The number of carboxylic acids is 1. The number of hydrogen-bond donors (Lipinski definition) is 1. The predicted molar refractivity (Wildman–Crippen MR) is 62.1 cm³/mol. The van der Waals surface area contributed by atoms with Gasteiger partial charge in [0.05, 0.1) is 11.0 Å². The molecule has 15 heavy (non-hydrogen) atoms. The summed E-state index contributed by atoms with van der Waals surface area (Å²) in [6.07, 6.45) is 3.29. The van der Waals surface area contributed by atoms with Crippen molar-refractivity contribution in [3.63, 3.8) is 0 Å². The average Bonchev–Trinajstić information content (AvgIpc) is 2.63. The van der Waals surface area contributed by atoms with Crippen molar-refractivity contribution in [2.24, 2.45) is 17.3 Å². The van der Waals surface area contributed by atoms with Crippen molar-refractivity contribution in [3.05, 3.63) is 21.7 Å². The summed E-state index contributed by atoms with van der Waals surface area (Å²) in [5.41, 5.74) is -0.224. The van der Waals surface area contributed by atoms with Gasteiger partial charge in [-0.2, -0.15) is 0 Å². The summed E-state index contributed by atoms with van der Waals surface area (Å²) >= 11 is 16.6. The Hall–Kier alpha value is -0.180. The third-order valence-electron chi connectivity index (χ3n) is 2.81. The van der Waals surface area contributed by atoms with Gasteiger partial charge in [-0.05, 0) is 17.4 Å². The van der Waals surface area contributed by atoms with E-state index in [-0.39, 0.29) is 26.8 Å². The molecular weight excluding hydrogens is 258 g/mol. The fraction of sp³-hybridized carbons (Fsp3) is 0.500. The van der Waals surface area contributed by atoms with Crippen LogP contribution in [0.25, 0.3) is 0 Å². The number of allylic oxidation sites excluding steroid dienone is 3. The van der Waals surface area contributed by atoms with Crippen molar-refractivity contribution in [1.82, 2.24) is 0 Å². The van der Waals surface area contributed by atoms with Crippen molar-refractivity contribution in [1.29, 1.82) is 0 Å². The van der Waals surface area contributed by atoms with E-state index in [1.807, 2.05) is 13.8 Å². The van der Waals surface area contributed by atoms with Crippen molar-refractivity contribution >= 4 is 40.8 Å². The summed E-state index contributed by atoms with van der Waals surface area (Å²) in [5, 5.41) is 9.13. The molecule has 0 amide bonds. The molecule has 0 radical (unpaired) electrons. The molecule has 0 aromatic carbocycles. The molecule has 0 saturated heterocycles. The Morgan fingerprint density at radius 3 is 2.20 bits per heavy atom. The molecule has 1 rings (SSSR count). The lowest BCUT2D eigenvalue weighted by molar-refractivity contribution is -0.139. The zero-order chi connectivity index (χ0) is 11.8. The van der Waals surface area contributed by atoms with Gasteiger partial charge in [0, 0.05) is 0 Å². The molecule has 0 spiro atoms. The Labute approximate surface area is 104 Å². The smallest absolute Gasteiger partial charge is 0.307 e. The lowest BCUT2D eigenvalue weighted by Crippen LogP contribution is -2.02. The zero-order valence-electron chi connectivity index (χ0n) is 8.30. The minimum absolute atomic E-state index is 0.0155. The second-order valence-corrected chi connectivity index (χ2v) is 5.49. The van der Waals surface area contributed by atoms with Gasteiger partial charge < -0.3 is 5.11 Å². The van der Waals surface area contributed by atoms with E-state index in [0.717, 1.165) is 0 Å². The molecular formula is C10H11Cl3O2. The molecule has 1 saturated carbocycles. The van der Waals surface area contributed by atoms with Gasteiger partial charge in [-0.3, -0.25) is 4.79 Å². The van der Waals surface area contributed by atoms with Crippen LogP contribution >= 0.6 is 34.8 Å². The second kappa shape index (κ2) is 4.36. The molecule has 2 atom stereocenters. The molecule has 0 aromatic rings. The Morgan fingerprint density at radius 2 is 1.87 bits per heavy atom. The van der Waals surface area contributed by atoms with Gasteiger partial charge in [0.1, 0.15) is 4.49 Å². The van der Waals surface area contributed by atoms with Gasteiger partial charge in [0.15, 0.2) is 0 Å². The van der Waals surface area contributed by atoms with Gasteiger partial charge in [-0.25, -0.2) is 0 Å². The van der Waals surface area contributed by atoms with E-state index in [2.05, 4.69) is 0 Å². The van der Waals surface area contributed by atoms with E-state index in [0.29, 0.717) is 0 Å². The first kappa shape index (κ1) is 12.9. The largest absolute Gasteiger partial charge is 0.481 e. The van der Waals surface area contributed by atoms with Crippen LogP contribution in [0.15, 0.2) is 21.7 Å². The predicted octanol–water partition coefficient (Wildman–Crippen LogP) is 3.78. The van der Waals surface area contributed by atoms with E-state index < -0.39 is 5.97 Å². The summed E-state index contributed by atoms with van der Waals surface area (Å²) in [4.78, 5) is 10.8. The number of carboxylic acid groups (broad SMARTS) is 1. The summed E-state index contributed by atoms with van der Waals surface area (Å²) in [7, 11) is 0. The van der Waals surface area contributed by atoms with E-state index in [1.165, 1.54) is 0 Å². The minimum atomic E-state index is -0.785. The number of aliphatic carboxylic acids is 1. The highest BCUT2D eigenvalue weighted by Gasteiger charge is 2.60. The molecule has 5 heteroatoms. The zero-order valence-corrected chi connectivity index (χ0v) is 10.6. The lowest BCUT2D eigenvalue weighted by Gasteiger charge is -1.96. The van der Waals surface area contributed by atoms with Crippen LogP contribution < -0.4 is 0 Å². The lowest BCUT2D eigenvalue weighted by atomic mass is 10.1. The number of halogens is 3. The van der Waals surface area contributed by atoms with Crippen LogP contribution in [0.3, 0.4) is 0 Å². The van der Waals surface area contributed by atoms with E-state index in [9.17, 15) is 4.79 Å². The number of hydrogen-bond acceptors (Lipinski definition) is 1. The molecule has 1 N–H and O–H groups in total. The average molecular weight is 270 g/mol. The van der Waals surface area contributed by atoms with E-state index in [1.54, 1.807) is 12.2 Å². The number of rotatable bonds is 3. The van der Waals surface area contributed by atoms with E-state index in [4.69, 9.17) is 39.9 Å². The molecule has 0 bridgehead atoms. The standard InChI is InChI=1S/C10H11Cl3O2/c1-10(2)5(7(10)9(14)15)3-4-6(11)8(12)13/h3-5,7H,1-2H3,(H,14,15)/t5-,7+/m1/s1. The van der Waals surface area contributed by atoms with Gasteiger partial charge in [-0.15, -0.1) is 0 Å². The molecule has 84 valence electrons. The monoisotopic (exact) mass is 268 g/mol. The van der Waals surface area contributed by atoms with E-state index >= 15 is 0 Å². The van der Waals surface area contributed by atoms with Crippen LogP contribution in [0.5, 0.6) is 0 Å². The summed E-state index contributed by atoms with van der Waals surface area (Å²) in [5.74, 6) is -1.16. The van der Waals surface area contributed by atoms with Gasteiger partial charge >= 0.3 is 5.97 Å². The Morgan fingerprint density at radius 1 is 1.33 bits per heavy atom. The maximum atomic E-state index is 10.8. The van der Waals surface area contributed by atoms with Gasteiger partial charge in [0.2, 0.25) is 0 Å². The van der Waals surface area contributed by atoms with Crippen LogP contribution in [0, 0.1) is 17.3 Å². The highest BCUT2D eigenvalue weighted by molar-refractivity contribution is 6.59. The molecule has 0 unspecified atom stereocenters. The molecule has 1 aliphatic carbocycles. The summed E-state index contributed by atoms with van der Waals surface area (Å²) < 4.78 is -0.0155. The molecule has 1 aliphatic rings. The van der Waals surface area contributed by atoms with Crippen molar-refractivity contribution in [3.8, 4) is 0 Å². The van der Waals surface area contributed by atoms with Crippen LogP contribution in [0.2, 0.25) is 0 Å². The Balaban J connectivity index is 2.71. The maximum absolute atomic E-state index is 10.8. The number of carbonyl (C=O) groups is 1. The first-order valence-electron chi connectivity index (χ1n) is 4.40. The topological polar surface area (TPSA) is 37.3 Å². The van der Waals surface area contributed by atoms with Crippen molar-refractivity contribution in [2.75, 3.05) is 0 Å². The first-order chi connectivity index (χ1) is 6.78. The Bertz CT molecular complexity index is 341. The minimum Gasteiger partial charge on any atom is -0.481 e. The second-order valence-electron chi connectivity index (χ2n) is 4.13. The van der Waals surface area contributed by atoms with Crippen LogP contribution in [-0.4, -0.2) is 11.1 Å². The first-order valence-corrected chi connectivity index (χ1v) is 5.53. The highest BCUT2D eigenvalue weighted by atomic mass is 35.5. The fourth-order valence-corrected chi connectivity index (χ4v) is 1.96. The van der Waals surface area contributed by atoms with Crippen LogP contribution in [-0.2, 0) is 4.79 Å². The maximum Gasteiger partial charge on any atom is 0.307 e. The van der Waals surface area contributed by atoms with Crippen molar-refractivity contribution in [2.45, 2.75) is 13.8 Å². The van der Waals surface area contributed by atoms with Crippen LogP contribution in [0.4, 0.5) is 0 Å². The third kappa shape index (κ3) is 2.68.